The van der Waals surface area contributed by atoms with Crippen molar-refractivity contribution in [2.45, 2.75) is 39.0 Å². The SMILES string of the molecule is CCCOC(=O)C1CCCCC1C(=O)Oc1ccc(Br)cc1. The third kappa shape index (κ3) is 4.57. The second-order valence-electron chi connectivity index (χ2n) is 5.54. The molecule has 1 aromatic carbocycles. The fourth-order valence-electron chi connectivity index (χ4n) is 2.70. The molecule has 4 nitrogen and oxygen atoms in total. The smallest absolute Gasteiger partial charge is 0.315 e. The highest BCUT2D eigenvalue weighted by Crippen LogP contribution is 2.32. The lowest BCUT2D eigenvalue weighted by Gasteiger charge is -2.28. The van der Waals surface area contributed by atoms with Gasteiger partial charge in [-0.15, -0.1) is 0 Å². The molecule has 0 amide bonds. The molecule has 1 fully saturated rings. The summed E-state index contributed by atoms with van der Waals surface area (Å²) in [5.41, 5.74) is 0. The summed E-state index contributed by atoms with van der Waals surface area (Å²) in [4.78, 5) is 24.5. The van der Waals surface area contributed by atoms with Crippen LogP contribution in [-0.4, -0.2) is 18.5 Å². The van der Waals surface area contributed by atoms with Crippen molar-refractivity contribution < 1.29 is 19.1 Å². The summed E-state index contributed by atoms with van der Waals surface area (Å²) in [7, 11) is 0. The van der Waals surface area contributed by atoms with Crippen LogP contribution in [0.1, 0.15) is 39.0 Å². The van der Waals surface area contributed by atoms with E-state index in [9.17, 15) is 9.59 Å². The molecule has 0 heterocycles. The van der Waals surface area contributed by atoms with Crippen molar-refractivity contribution in [3.8, 4) is 5.75 Å². The van der Waals surface area contributed by atoms with E-state index < -0.39 is 5.92 Å². The lowest BCUT2D eigenvalue weighted by molar-refractivity contribution is -0.158. The molecule has 1 saturated carbocycles. The van der Waals surface area contributed by atoms with E-state index in [1.807, 2.05) is 19.1 Å². The molecule has 1 aromatic rings. The average molecular weight is 369 g/mol. The number of hydrogen-bond donors (Lipinski definition) is 0. The van der Waals surface area contributed by atoms with Gasteiger partial charge in [-0.05, 0) is 43.5 Å². The first-order chi connectivity index (χ1) is 10.6. The van der Waals surface area contributed by atoms with E-state index in [-0.39, 0.29) is 17.9 Å². The van der Waals surface area contributed by atoms with Crippen LogP contribution in [0.5, 0.6) is 5.75 Å². The Morgan fingerprint density at radius 1 is 1.09 bits per heavy atom. The summed E-state index contributed by atoms with van der Waals surface area (Å²) < 4.78 is 11.6. The number of esters is 2. The van der Waals surface area contributed by atoms with Gasteiger partial charge < -0.3 is 9.47 Å². The zero-order valence-corrected chi connectivity index (χ0v) is 14.3. The molecule has 2 atom stereocenters. The molecule has 0 aliphatic heterocycles. The topological polar surface area (TPSA) is 52.6 Å². The van der Waals surface area contributed by atoms with Crippen molar-refractivity contribution >= 4 is 27.9 Å². The molecule has 5 heteroatoms. The number of halogens is 1. The van der Waals surface area contributed by atoms with Crippen LogP contribution < -0.4 is 4.74 Å². The van der Waals surface area contributed by atoms with Gasteiger partial charge in [0.1, 0.15) is 5.75 Å². The van der Waals surface area contributed by atoms with Gasteiger partial charge >= 0.3 is 11.9 Å². The van der Waals surface area contributed by atoms with Crippen molar-refractivity contribution in [3.63, 3.8) is 0 Å². The van der Waals surface area contributed by atoms with Gasteiger partial charge in [0.05, 0.1) is 18.4 Å². The predicted octanol–water partition coefficient (Wildman–Crippen LogP) is 4.11. The number of rotatable bonds is 5. The second-order valence-corrected chi connectivity index (χ2v) is 6.46. The van der Waals surface area contributed by atoms with Crippen LogP contribution in [0.2, 0.25) is 0 Å². The monoisotopic (exact) mass is 368 g/mol. The maximum absolute atomic E-state index is 12.4. The van der Waals surface area contributed by atoms with Gasteiger partial charge in [0.25, 0.3) is 0 Å². The summed E-state index contributed by atoms with van der Waals surface area (Å²) in [6.45, 7) is 2.36. The molecule has 2 unspecified atom stereocenters. The van der Waals surface area contributed by atoms with Crippen molar-refractivity contribution in [2.75, 3.05) is 6.61 Å². The third-order valence-electron chi connectivity index (χ3n) is 3.85. The predicted molar refractivity (Wildman–Crippen MR) is 86.5 cm³/mol. The third-order valence-corrected chi connectivity index (χ3v) is 4.38. The van der Waals surface area contributed by atoms with E-state index in [1.165, 1.54) is 0 Å². The van der Waals surface area contributed by atoms with E-state index in [0.29, 0.717) is 25.2 Å². The van der Waals surface area contributed by atoms with E-state index in [1.54, 1.807) is 12.1 Å². The Bertz CT molecular complexity index is 512. The average Bonchev–Trinajstić information content (AvgIpc) is 2.54. The quantitative estimate of drug-likeness (QED) is 0.579. The zero-order valence-electron chi connectivity index (χ0n) is 12.7. The van der Waals surface area contributed by atoms with Crippen LogP contribution >= 0.6 is 15.9 Å². The minimum atomic E-state index is -0.401. The largest absolute Gasteiger partial charge is 0.465 e. The summed E-state index contributed by atoms with van der Waals surface area (Å²) in [6.07, 6.45) is 4.06. The molecule has 0 saturated heterocycles. The molecule has 0 aromatic heterocycles. The molecule has 1 aliphatic carbocycles. The standard InChI is InChI=1S/C17H21BrO4/c1-2-11-21-16(19)14-5-3-4-6-15(14)17(20)22-13-9-7-12(18)8-10-13/h7-10,14-15H,2-6,11H2,1H3. The fourth-order valence-corrected chi connectivity index (χ4v) is 2.96. The molecule has 0 bridgehead atoms. The summed E-state index contributed by atoms with van der Waals surface area (Å²) in [5, 5.41) is 0. The lowest BCUT2D eigenvalue weighted by atomic mass is 9.79. The molecule has 0 radical (unpaired) electrons. The first-order valence-corrected chi connectivity index (χ1v) is 8.55. The second kappa shape index (κ2) is 8.32. The highest BCUT2D eigenvalue weighted by molar-refractivity contribution is 9.10. The van der Waals surface area contributed by atoms with Crippen LogP contribution in [0.3, 0.4) is 0 Å². The van der Waals surface area contributed by atoms with Gasteiger partial charge in [-0.3, -0.25) is 9.59 Å². The first kappa shape index (κ1) is 17.0. The summed E-state index contributed by atoms with van der Waals surface area (Å²) in [6, 6.07) is 7.09. The van der Waals surface area contributed by atoms with Crippen LogP contribution in [-0.2, 0) is 14.3 Å². The van der Waals surface area contributed by atoms with Crippen molar-refractivity contribution in [1.29, 1.82) is 0 Å². The van der Waals surface area contributed by atoms with E-state index in [0.717, 1.165) is 23.7 Å². The maximum Gasteiger partial charge on any atom is 0.315 e. The van der Waals surface area contributed by atoms with Crippen molar-refractivity contribution in [2.24, 2.45) is 11.8 Å². The van der Waals surface area contributed by atoms with Gasteiger partial charge in [0.15, 0.2) is 0 Å². The Morgan fingerprint density at radius 2 is 1.68 bits per heavy atom. The summed E-state index contributed by atoms with van der Waals surface area (Å²) in [5.74, 6) is -0.871. The van der Waals surface area contributed by atoms with Crippen LogP contribution in [0.4, 0.5) is 0 Å². The van der Waals surface area contributed by atoms with Gasteiger partial charge in [-0.1, -0.05) is 35.7 Å². The van der Waals surface area contributed by atoms with Crippen LogP contribution in [0.15, 0.2) is 28.7 Å². The normalized spacial score (nSPS) is 21.2. The Labute approximate surface area is 139 Å². The highest BCUT2D eigenvalue weighted by Gasteiger charge is 2.38. The Hall–Kier alpha value is -1.36. The number of carbonyl (C=O) groups is 2. The molecular formula is C17H21BrO4. The zero-order chi connectivity index (χ0) is 15.9. The maximum atomic E-state index is 12.4. The van der Waals surface area contributed by atoms with Gasteiger partial charge in [0.2, 0.25) is 0 Å². The molecular weight excluding hydrogens is 348 g/mol. The van der Waals surface area contributed by atoms with Crippen molar-refractivity contribution in [3.05, 3.63) is 28.7 Å². The fraction of sp³-hybridized carbons (Fsp3) is 0.529. The molecule has 2 rings (SSSR count). The number of ether oxygens (including phenoxy) is 2. The molecule has 120 valence electrons. The molecule has 0 N–H and O–H groups in total. The number of carbonyl (C=O) groups excluding carboxylic acids is 2. The minimum absolute atomic E-state index is 0.265. The van der Waals surface area contributed by atoms with E-state index in [4.69, 9.17) is 9.47 Å². The molecule has 0 spiro atoms. The first-order valence-electron chi connectivity index (χ1n) is 7.75. The van der Waals surface area contributed by atoms with E-state index in [2.05, 4.69) is 15.9 Å². The lowest BCUT2D eigenvalue weighted by Crippen LogP contribution is -2.36. The Morgan fingerprint density at radius 3 is 2.27 bits per heavy atom. The molecule has 1 aliphatic rings. The highest BCUT2D eigenvalue weighted by atomic mass is 79.9. The van der Waals surface area contributed by atoms with Gasteiger partial charge in [-0.25, -0.2) is 0 Å². The van der Waals surface area contributed by atoms with Crippen molar-refractivity contribution in [1.82, 2.24) is 0 Å². The molecule has 22 heavy (non-hydrogen) atoms. The van der Waals surface area contributed by atoms with Crippen LogP contribution in [0, 0.1) is 11.8 Å². The summed E-state index contributed by atoms with van der Waals surface area (Å²) >= 11 is 3.34. The minimum Gasteiger partial charge on any atom is -0.465 e. The number of benzene rings is 1. The number of hydrogen-bond acceptors (Lipinski definition) is 4. The van der Waals surface area contributed by atoms with Crippen LogP contribution in [0.25, 0.3) is 0 Å². The van der Waals surface area contributed by atoms with Gasteiger partial charge in [-0.2, -0.15) is 0 Å². The van der Waals surface area contributed by atoms with Gasteiger partial charge in [0, 0.05) is 4.47 Å². The Balaban J connectivity index is 2.01. The van der Waals surface area contributed by atoms with E-state index >= 15 is 0 Å². The Kier molecular flexibility index (Phi) is 6.43.